The number of halogens is 1. The molecule has 3 nitrogen and oxygen atoms in total. The van der Waals surface area contributed by atoms with Crippen molar-refractivity contribution >= 4 is 0 Å². The average Bonchev–Trinajstić information content (AvgIpc) is 2.24. The third kappa shape index (κ3) is 4.79. The zero-order valence-corrected chi connectivity index (χ0v) is 10.7. The van der Waals surface area contributed by atoms with Crippen molar-refractivity contribution < 1.29 is 9.50 Å². The van der Waals surface area contributed by atoms with E-state index in [1.54, 1.807) is 6.92 Å². The molecule has 17 heavy (non-hydrogen) atoms. The molecule has 0 aromatic carbocycles. The normalized spacial score (nSPS) is 14.9. The minimum atomic E-state index is -1.04. The van der Waals surface area contributed by atoms with Crippen molar-refractivity contribution in [2.45, 2.75) is 32.8 Å². The molecule has 1 aromatic heterocycles. The molecule has 0 saturated carbocycles. The fourth-order valence-electron chi connectivity index (χ4n) is 1.57. The summed E-state index contributed by atoms with van der Waals surface area (Å²) in [4.78, 5) is 3.75. The van der Waals surface area contributed by atoms with Crippen LogP contribution in [-0.2, 0) is 5.60 Å². The highest BCUT2D eigenvalue weighted by Gasteiger charge is 2.23. The van der Waals surface area contributed by atoms with Gasteiger partial charge in [-0.1, -0.05) is 13.8 Å². The molecule has 0 bridgehead atoms. The lowest BCUT2D eigenvalue weighted by molar-refractivity contribution is 0.0471. The summed E-state index contributed by atoms with van der Waals surface area (Å²) in [5.41, 5.74) is -0.525. The molecule has 0 aliphatic heterocycles. The molecular formula is C13H21FN2O. The van der Waals surface area contributed by atoms with Gasteiger partial charge in [-0.25, -0.2) is 4.39 Å². The molecule has 0 fully saturated rings. The summed E-state index contributed by atoms with van der Waals surface area (Å²) in [5, 5.41) is 13.5. The monoisotopic (exact) mass is 240 g/mol. The predicted molar refractivity (Wildman–Crippen MR) is 66.1 cm³/mol. The van der Waals surface area contributed by atoms with Crippen molar-refractivity contribution in [3.8, 4) is 0 Å². The van der Waals surface area contributed by atoms with Gasteiger partial charge in [-0.3, -0.25) is 4.98 Å². The fourth-order valence-corrected chi connectivity index (χ4v) is 1.57. The van der Waals surface area contributed by atoms with Crippen LogP contribution in [0.4, 0.5) is 4.39 Å². The van der Waals surface area contributed by atoms with E-state index in [4.69, 9.17) is 0 Å². The Hall–Kier alpha value is -1.00. The van der Waals surface area contributed by atoms with E-state index in [0.29, 0.717) is 24.4 Å². The molecule has 1 aromatic rings. The number of nitrogens with zero attached hydrogens (tertiary/aromatic N) is 1. The lowest BCUT2D eigenvalue weighted by Crippen LogP contribution is -2.29. The van der Waals surface area contributed by atoms with Crippen molar-refractivity contribution in [2.24, 2.45) is 5.92 Å². The zero-order valence-electron chi connectivity index (χ0n) is 10.7. The van der Waals surface area contributed by atoms with Crippen molar-refractivity contribution in [3.63, 3.8) is 0 Å². The Balaban J connectivity index is 2.50. The number of hydrogen-bond acceptors (Lipinski definition) is 3. The quantitative estimate of drug-likeness (QED) is 0.748. The summed E-state index contributed by atoms with van der Waals surface area (Å²) in [6.07, 6.45) is 3.17. The summed E-state index contributed by atoms with van der Waals surface area (Å²) >= 11 is 0. The highest BCUT2D eigenvalue weighted by molar-refractivity contribution is 5.17. The van der Waals surface area contributed by atoms with Crippen LogP contribution in [0.1, 0.15) is 32.8 Å². The van der Waals surface area contributed by atoms with Gasteiger partial charge in [-0.05, 0) is 38.4 Å². The number of aliphatic hydroxyl groups is 1. The Bertz CT molecular complexity index is 353. The first kappa shape index (κ1) is 14.1. The Morgan fingerprint density at radius 2 is 2.18 bits per heavy atom. The molecule has 0 aliphatic carbocycles. The van der Waals surface area contributed by atoms with E-state index in [0.717, 1.165) is 12.7 Å². The number of nitrogens with one attached hydrogen (secondary N) is 1. The maximum Gasteiger partial charge on any atom is 0.141 e. The molecule has 0 amide bonds. The van der Waals surface area contributed by atoms with Gasteiger partial charge in [-0.15, -0.1) is 0 Å². The lowest BCUT2D eigenvalue weighted by atomic mass is 9.94. The van der Waals surface area contributed by atoms with Crippen LogP contribution in [0.15, 0.2) is 18.5 Å². The second-order valence-electron chi connectivity index (χ2n) is 5.01. The molecule has 1 rings (SSSR count). The number of rotatable bonds is 6. The minimum Gasteiger partial charge on any atom is -0.385 e. The predicted octanol–water partition coefficient (Wildman–Crippen LogP) is 2.06. The molecule has 0 spiro atoms. The standard InChI is InChI=1S/C13H21FN2O/c1-10(2)7-15-5-4-13(3,17)11-6-12(14)9-16-8-11/h6,8-10,15,17H,4-5,7H2,1-3H3. The summed E-state index contributed by atoms with van der Waals surface area (Å²) in [6.45, 7) is 7.54. The van der Waals surface area contributed by atoms with Gasteiger partial charge in [0.25, 0.3) is 0 Å². The van der Waals surface area contributed by atoms with E-state index in [-0.39, 0.29) is 0 Å². The fraction of sp³-hybridized carbons (Fsp3) is 0.615. The first-order valence-corrected chi connectivity index (χ1v) is 5.96. The van der Waals surface area contributed by atoms with Crippen LogP contribution >= 0.6 is 0 Å². The molecule has 0 aliphatic rings. The average molecular weight is 240 g/mol. The molecular weight excluding hydrogens is 219 g/mol. The van der Waals surface area contributed by atoms with E-state index < -0.39 is 11.4 Å². The van der Waals surface area contributed by atoms with E-state index in [1.807, 2.05) is 0 Å². The molecule has 96 valence electrons. The van der Waals surface area contributed by atoms with Crippen LogP contribution in [0.3, 0.4) is 0 Å². The van der Waals surface area contributed by atoms with Crippen LogP contribution in [0.5, 0.6) is 0 Å². The minimum absolute atomic E-state index is 0.419. The van der Waals surface area contributed by atoms with Gasteiger partial charge in [0, 0.05) is 11.8 Å². The molecule has 0 radical (unpaired) electrons. The third-order valence-corrected chi connectivity index (χ3v) is 2.67. The van der Waals surface area contributed by atoms with Gasteiger partial charge < -0.3 is 10.4 Å². The van der Waals surface area contributed by atoms with Crippen molar-refractivity contribution in [2.75, 3.05) is 13.1 Å². The van der Waals surface area contributed by atoms with Gasteiger partial charge in [0.15, 0.2) is 0 Å². The van der Waals surface area contributed by atoms with E-state index >= 15 is 0 Å². The maximum atomic E-state index is 13.0. The largest absolute Gasteiger partial charge is 0.385 e. The molecule has 4 heteroatoms. The molecule has 1 atom stereocenters. The van der Waals surface area contributed by atoms with Crippen molar-refractivity contribution in [1.29, 1.82) is 0 Å². The van der Waals surface area contributed by atoms with Gasteiger partial charge in [0.2, 0.25) is 0 Å². The Labute approximate surface area is 102 Å². The van der Waals surface area contributed by atoms with Crippen LogP contribution in [0.25, 0.3) is 0 Å². The Morgan fingerprint density at radius 3 is 2.76 bits per heavy atom. The first-order chi connectivity index (χ1) is 7.92. The topological polar surface area (TPSA) is 45.1 Å². The van der Waals surface area contributed by atoms with E-state index in [2.05, 4.69) is 24.1 Å². The Morgan fingerprint density at radius 1 is 1.47 bits per heavy atom. The second kappa shape index (κ2) is 6.07. The van der Waals surface area contributed by atoms with Crippen LogP contribution in [0, 0.1) is 11.7 Å². The van der Waals surface area contributed by atoms with Crippen molar-refractivity contribution in [3.05, 3.63) is 29.8 Å². The number of pyridine rings is 1. The summed E-state index contributed by atoms with van der Waals surface area (Å²) in [5.74, 6) is 0.161. The zero-order chi connectivity index (χ0) is 12.9. The number of hydrogen-bond donors (Lipinski definition) is 2. The maximum absolute atomic E-state index is 13.0. The molecule has 2 N–H and O–H groups in total. The SMILES string of the molecule is CC(C)CNCCC(C)(O)c1cncc(F)c1. The first-order valence-electron chi connectivity index (χ1n) is 5.96. The lowest BCUT2D eigenvalue weighted by Gasteiger charge is -2.23. The molecule has 1 heterocycles. The van der Waals surface area contributed by atoms with Gasteiger partial charge in [-0.2, -0.15) is 0 Å². The summed E-state index contributed by atoms with van der Waals surface area (Å²) in [7, 11) is 0. The summed E-state index contributed by atoms with van der Waals surface area (Å²) < 4.78 is 13.0. The second-order valence-corrected chi connectivity index (χ2v) is 5.01. The summed E-state index contributed by atoms with van der Waals surface area (Å²) in [6, 6.07) is 1.33. The molecule has 1 unspecified atom stereocenters. The third-order valence-electron chi connectivity index (χ3n) is 2.67. The van der Waals surface area contributed by atoms with E-state index in [9.17, 15) is 9.50 Å². The van der Waals surface area contributed by atoms with Crippen molar-refractivity contribution in [1.82, 2.24) is 10.3 Å². The van der Waals surface area contributed by atoms with Gasteiger partial charge >= 0.3 is 0 Å². The molecule has 0 saturated heterocycles. The van der Waals surface area contributed by atoms with Gasteiger partial charge in [0.05, 0.1) is 11.8 Å². The van der Waals surface area contributed by atoms with E-state index in [1.165, 1.54) is 12.3 Å². The highest BCUT2D eigenvalue weighted by Crippen LogP contribution is 2.23. The van der Waals surface area contributed by atoms with Crippen LogP contribution in [-0.4, -0.2) is 23.2 Å². The van der Waals surface area contributed by atoms with Crippen LogP contribution < -0.4 is 5.32 Å². The van der Waals surface area contributed by atoms with Gasteiger partial charge in [0.1, 0.15) is 5.82 Å². The smallest absolute Gasteiger partial charge is 0.141 e. The van der Waals surface area contributed by atoms with Crippen LogP contribution in [0.2, 0.25) is 0 Å². The Kier molecular flexibility index (Phi) is 5.02. The number of aromatic nitrogens is 1. The highest BCUT2D eigenvalue weighted by atomic mass is 19.1.